The van der Waals surface area contributed by atoms with Gasteiger partial charge in [0.25, 0.3) is 5.91 Å². The first-order valence-corrected chi connectivity index (χ1v) is 6.70. The lowest BCUT2D eigenvalue weighted by Crippen LogP contribution is -2.40. The van der Waals surface area contributed by atoms with E-state index in [9.17, 15) is 4.79 Å². The number of rotatable bonds is 1. The molecule has 0 fully saturated rings. The highest BCUT2D eigenvalue weighted by Crippen LogP contribution is 2.27. The summed E-state index contributed by atoms with van der Waals surface area (Å²) in [6, 6.07) is 12.1. The fourth-order valence-corrected chi connectivity index (χ4v) is 2.82. The second kappa shape index (κ2) is 4.57. The van der Waals surface area contributed by atoms with E-state index in [1.807, 2.05) is 42.2 Å². The van der Waals surface area contributed by atoms with Crippen molar-refractivity contribution in [2.75, 3.05) is 6.54 Å². The number of nitrogens with zero attached hydrogens (tertiary/aromatic N) is 2. The molecule has 1 atom stereocenters. The largest absolute Gasteiger partial charge is 0.348 e. The molecule has 0 bridgehead atoms. The lowest BCUT2D eigenvalue weighted by molar-refractivity contribution is 0.0643. The van der Waals surface area contributed by atoms with Crippen molar-refractivity contribution < 1.29 is 4.79 Å². The molecule has 0 radical (unpaired) electrons. The predicted octanol–water partition coefficient (Wildman–Crippen LogP) is 3.01. The molecule has 0 saturated carbocycles. The van der Waals surface area contributed by atoms with Gasteiger partial charge in [-0.1, -0.05) is 18.2 Å². The Hall–Kier alpha value is -2.03. The van der Waals surface area contributed by atoms with Gasteiger partial charge < -0.3 is 9.47 Å². The van der Waals surface area contributed by atoms with E-state index in [4.69, 9.17) is 0 Å². The zero-order valence-corrected chi connectivity index (χ0v) is 11.3. The van der Waals surface area contributed by atoms with Crippen molar-refractivity contribution in [1.82, 2.24) is 9.47 Å². The van der Waals surface area contributed by atoms with Gasteiger partial charge in [0.15, 0.2) is 0 Å². The van der Waals surface area contributed by atoms with Crippen LogP contribution in [-0.4, -0.2) is 21.9 Å². The maximum absolute atomic E-state index is 12.7. The summed E-state index contributed by atoms with van der Waals surface area (Å²) < 4.78 is 2.23. The maximum Gasteiger partial charge on any atom is 0.254 e. The van der Waals surface area contributed by atoms with E-state index in [-0.39, 0.29) is 11.9 Å². The van der Waals surface area contributed by atoms with E-state index in [0.29, 0.717) is 0 Å². The molecule has 3 nitrogen and oxygen atoms in total. The van der Waals surface area contributed by atoms with Crippen molar-refractivity contribution in [2.24, 2.45) is 0 Å². The molecule has 0 N–H and O–H groups in total. The van der Waals surface area contributed by atoms with E-state index in [1.54, 1.807) is 0 Å². The van der Waals surface area contributed by atoms with Crippen LogP contribution in [0.3, 0.4) is 0 Å². The Morgan fingerprint density at radius 1 is 1.16 bits per heavy atom. The van der Waals surface area contributed by atoms with E-state index in [0.717, 1.165) is 24.2 Å². The molecule has 2 heterocycles. The Balaban J connectivity index is 1.92. The molecule has 1 aliphatic rings. The minimum atomic E-state index is 0.135. The molecule has 19 heavy (non-hydrogen) atoms. The van der Waals surface area contributed by atoms with E-state index in [1.165, 1.54) is 5.69 Å². The van der Waals surface area contributed by atoms with Gasteiger partial charge in [-0.25, -0.2) is 0 Å². The number of carbonyl (C=O) groups is 1. The van der Waals surface area contributed by atoms with Crippen LogP contribution in [-0.2, 0) is 6.54 Å². The highest BCUT2D eigenvalue weighted by molar-refractivity contribution is 5.95. The summed E-state index contributed by atoms with van der Waals surface area (Å²) in [6.07, 6.45) is 2.08. The lowest BCUT2D eigenvalue weighted by atomic mass is 10.0. The van der Waals surface area contributed by atoms with Gasteiger partial charge in [0.05, 0.1) is 6.04 Å². The summed E-state index contributed by atoms with van der Waals surface area (Å²) in [5, 5.41) is 0. The topological polar surface area (TPSA) is 25.2 Å². The predicted molar refractivity (Wildman–Crippen MR) is 75.1 cm³/mol. The molecule has 98 valence electrons. The summed E-state index contributed by atoms with van der Waals surface area (Å²) in [5.41, 5.74) is 3.07. The van der Waals surface area contributed by atoms with Crippen molar-refractivity contribution in [3.8, 4) is 0 Å². The van der Waals surface area contributed by atoms with Crippen LogP contribution in [0.15, 0.2) is 42.6 Å². The number of benzene rings is 1. The average Bonchev–Trinajstić information content (AvgIpc) is 2.88. The molecule has 3 heteroatoms. The normalized spacial score (nSPS) is 18.2. The quantitative estimate of drug-likeness (QED) is 0.768. The fraction of sp³-hybridized carbons (Fsp3) is 0.312. The van der Waals surface area contributed by atoms with Crippen molar-refractivity contribution in [3.05, 3.63) is 59.4 Å². The zero-order chi connectivity index (χ0) is 13.4. The molecule has 0 saturated heterocycles. The van der Waals surface area contributed by atoms with Crippen LogP contribution in [0, 0.1) is 6.92 Å². The number of carbonyl (C=O) groups excluding carboxylic acids is 1. The molecule has 1 aromatic heterocycles. The molecule has 1 aromatic carbocycles. The highest BCUT2D eigenvalue weighted by atomic mass is 16.2. The number of aryl methyl sites for hydroxylation is 1. The van der Waals surface area contributed by atoms with Gasteiger partial charge in [-0.15, -0.1) is 0 Å². The molecule has 1 amide bonds. The molecular weight excluding hydrogens is 236 g/mol. The van der Waals surface area contributed by atoms with E-state index in [2.05, 4.69) is 23.8 Å². The molecule has 0 spiro atoms. The number of hydrogen-bond acceptors (Lipinski definition) is 1. The summed E-state index contributed by atoms with van der Waals surface area (Å²) in [7, 11) is 0. The molecule has 3 rings (SSSR count). The van der Waals surface area contributed by atoms with Gasteiger partial charge >= 0.3 is 0 Å². The monoisotopic (exact) mass is 254 g/mol. The molecular formula is C16H18N2O. The Labute approximate surface area is 113 Å². The Morgan fingerprint density at radius 3 is 2.74 bits per heavy atom. The Kier molecular flexibility index (Phi) is 2.90. The van der Waals surface area contributed by atoms with Gasteiger partial charge in [0.2, 0.25) is 0 Å². The van der Waals surface area contributed by atoms with Crippen molar-refractivity contribution in [3.63, 3.8) is 0 Å². The van der Waals surface area contributed by atoms with E-state index < -0.39 is 0 Å². The van der Waals surface area contributed by atoms with Crippen LogP contribution in [0.25, 0.3) is 0 Å². The number of hydrogen-bond donors (Lipinski definition) is 0. The smallest absolute Gasteiger partial charge is 0.254 e. The second-order valence-electron chi connectivity index (χ2n) is 5.12. The third-order valence-corrected chi connectivity index (χ3v) is 3.98. The van der Waals surface area contributed by atoms with Crippen LogP contribution < -0.4 is 0 Å². The Bertz CT molecular complexity index is 615. The van der Waals surface area contributed by atoms with Gasteiger partial charge in [-0.3, -0.25) is 4.79 Å². The average molecular weight is 254 g/mol. The first kappa shape index (κ1) is 12.0. The van der Waals surface area contributed by atoms with Crippen molar-refractivity contribution in [1.29, 1.82) is 0 Å². The van der Waals surface area contributed by atoms with Gasteiger partial charge in [0, 0.05) is 30.5 Å². The minimum Gasteiger partial charge on any atom is -0.348 e. The molecule has 0 unspecified atom stereocenters. The summed E-state index contributed by atoms with van der Waals surface area (Å²) >= 11 is 0. The van der Waals surface area contributed by atoms with Crippen LogP contribution in [0.2, 0.25) is 0 Å². The third kappa shape index (κ3) is 1.95. The highest BCUT2D eigenvalue weighted by Gasteiger charge is 2.28. The van der Waals surface area contributed by atoms with Gasteiger partial charge in [-0.05, 0) is 37.6 Å². The third-order valence-electron chi connectivity index (χ3n) is 3.98. The van der Waals surface area contributed by atoms with Crippen LogP contribution in [0.1, 0.15) is 34.6 Å². The summed E-state index contributed by atoms with van der Waals surface area (Å²) in [5.74, 6) is 0.137. The van der Waals surface area contributed by atoms with Crippen molar-refractivity contribution in [2.45, 2.75) is 26.4 Å². The number of amides is 1. The summed E-state index contributed by atoms with van der Waals surface area (Å²) in [6.45, 7) is 5.74. The van der Waals surface area contributed by atoms with Gasteiger partial charge in [-0.2, -0.15) is 0 Å². The second-order valence-corrected chi connectivity index (χ2v) is 5.12. The molecule has 1 aliphatic heterocycles. The SMILES string of the molecule is Cc1ccccc1C(=O)N1CCn2cccc2[C@@H]1C. The number of aromatic nitrogens is 1. The van der Waals surface area contributed by atoms with Gasteiger partial charge in [0.1, 0.15) is 0 Å². The minimum absolute atomic E-state index is 0.135. The van der Waals surface area contributed by atoms with Crippen LogP contribution >= 0.6 is 0 Å². The van der Waals surface area contributed by atoms with Crippen molar-refractivity contribution >= 4 is 5.91 Å². The van der Waals surface area contributed by atoms with Crippen LogP contribution in [0.5, 0.6) is 0 Å². The summed E-state index contributed by atoms with van der Waals surface area (Å²) in [4.78, 5) is 14.6. The van der Waals surface area contributed by atoms with E-state index >= 15 is 0 Å². The first-order chi connectivity index (χ1) is 9.18. The zero-order valence-electron chi connectivity index (χ0n) is 11.3. The lowest BCUT2D eigenvalue weighted by Gasteiger charge is -2.35. The number of fused-ring (bicyclic) bond motifs is 1. The first-order valence-electron chi connectivity index (χ1n) is 6.70. The maximum atomic E-state index is 12.7. The molecule has 0 aliphatic carbocycles. The Morgan fingerprint density at radius 2 is 1.95 bits per heavy atom. The standard InChI is InChI=1S/C16H18N2O/c1-12-6-3-4-7-14(12)16(19)18-11-10-17-9-5-8-15(17)13(18)2/h3-9,13H,10-11H2,1-2H3/t13-/m0/s1. The van der Waals surface area contributed by atoms with Crippen LogP contribution in [0.4, 0.5) is 0 Å². The molecule has 2 aromatic rings. The fourth-order valence-electron chi connectivity index (χ4n) is 2.82.